The van der Waals surface area contributed by atoms with Gasteiger partial charge in [-0.1, -0.05) is 0 Å². The summed E-state index contributed by atoms with van der Waals surface area (Å²) < 4.78 is 43.1. The van der Waals surface area contributed by atoms with Crippen molar-refractivity contribution in [3.63, 3.8) is 0 Å². The zero-order valence-electron chi connectivity index (χ0n) is 10.8. The van der Waals surface area contributed by atoms with Gasteiger partial charge < -0.3 is 10.2 Å². The van der Waals surface area contributed by atoms with E-state index in [0.29, 0.717) is 11.5 Å². The second kappa shape index (κ2) is 5.75. The first-order chi connectivity index (χ1) is 8.24. The monoisotopic (exact) mass is 264 g/mol. The van der Waals surface area contributed by atoms with E-state index in [-0.39, 0.29) is 12.6 Å². The Bertz CT molecular complexity index is 374. The van der Waals surface area contributed by atoms with Gasteiger partial charge in [0.25, 0.3) is 0 Å². The summed E-state index contributed by atoms with van der Waals surface area (Å²) >= 11 is 0. The number of halogens is 3. The molecule has 0 aliphatic heterocycles. The smallest absolute Gasteiger partial charge is 0.401 e. The standard InChI is InChI=1S/C12H19F3N2O/c1-8(2)17(7-12(13,14)15)10(6-16)11-5-4-9(3)18-11/h4-5,8,10H,6-7,16H2,1-3H3. The summed E-state index contributed by atoms with van der Waals surface area (Å²) in [5.74, 6) is 1.15. The van der Waals surface area contributed by atoms with Crippen molar-refractivity contribution in [1.29, 1.82) is 0 Å². The molecule has 0 aliphatic carbocycles. The summed E-state index contributed by atoms with van der Waals surface area (Å²) in [5.41, 5.74) is 5.60. The number of hydrogen-bond donors (Lipinski definition) is 1. The van der Waals surface area contributed by atoms with E-state index in [1.807, 2.05) is 0 Å². The van der Waals surface area contributed by atoms with Crippen LogP contribution in [0.4, 0.5) is 13.2 Å². The average molecular weight is 264 g/mol. The van der Waals surface area contributed by atoms with Crippen LogP contribution in [-0.2, 0) is 0 Å². The second-order valence-electron chi connectivity index (χ2n) is 4.58. The van der Waals surface area contributed by atoms with Crippen LogP contribution in [0, 0.1) is 6.92 Å². The number of aryl methyl sites for hydroxylation is 1. The molecule has 0 fully saturated rings. The van der Waals surface area contributed by atoms with Crippen molar-refractivity contribution in [3.05, 3.63) is 23.7 Å². The van der Waals surface area contributed by atoms with E-state index in [9.17, 15) is 13.2 Å². The van der Waals surface area contributed by atoms with Gasteiger partial charge in [0.05, 0.1) is 12.6 Å². The van der Waals surface area contributed by atoms with E-state index in [1.165, 1.54) is 4.90 Å². The molecule has 0 amide bonds. The Morgan fingerprint density at radius 2 is 1.94 bits per heavy atom. The van der Waals surface area contributed by atoms with Crippen molar-refractivity contribution in [2.24, 2.45) is 5.73 Å². The van der Waals surface area contributed by atoms with Crippen molar-refractivity contribution in [1.82, 2.24) is 4.90 Å². The van der Waals surface area contributed by atoms with E-state index in [2.05, 4.69) is 0 Å². The lowest BCUT2D eigenvalue weighted by molar-refractivity contribution is -0.155. The van der Waals surface area contributed by atoms with Gasteiger partial charge in [0.1, 0.15) is 11.5 Å². The highest BCUT2D eigenvalue weighted by Gasteiger charge is 2.36. The minimum absolute atomic E-state index is 0.0845. The Labute approximate surface area is 105 Å². The molecule has 3 nitrogen and oxygen atoms in total. The van der Waals surface area contributed by atoms with Crippen LogP contribution in [0.25, 0.3) is 0 Å². The van der Waals surface area contributed by atoms with E-state index in [0.717, 1.165) is 0 Å². The van der Waals surface area contributed by atoms with Gasteiger partial charge >= 0.3 is 6.18 Å². The van der Waals surface area contributed by atoms with Crippen LogP contribution in [0.1, 0.15) is 31.4 Å². The first-order valence-corrected chi connectivity index (χ1v) is 5.83. The minimum atomic E-state index is -4.25. The first kappa shape index (κ1) is 15.0. The van der Waals surface area contributed by atoms with Gasteiger partial charge in [0, 0.05) is 12.6 Å². The third-order valence-corrected chi connectivity index (χ3v) is 2.74. The summed E-state index contributed by atoms with van der Waals surface area (Å²) in [5, 5.41) is 0. The Kier molecular flexibility index (Phi) is 4.81. The molecular weight excluding hydrogens is 245 g/mol. The molecule has 1 heterocycles. The number of alkyl halides is 3. The molecule has 1 atom stereocenters. The molecule has 1 aromatic heterocycles. The Morgan fingerprint density at radius 3 is 2.28 bits per heavy atom. The van der Waals surface area contributed by atoms with Crippen molar-refractivity contribution in [2.75, 3.05) is 13.1 Å². The molecular formula is C12H19F3N2O. The molecule has 0 bridgehead atoms. The molecule has 1 unspecified atom stereocenters. The van der Waals surface area contributed by atoms with Crippen LogP contribution in [0.5, 0.6) is 0 Å². The molecule has 104 valence electrons. The molecule has 6 heteroatoms. The number of nitrogens with zero attached hydrogens (tertiary/aromatic N) is 1. The lowest BCUT2D eigenvalue weighted by atomic mass is 10.1. The van der Waals surface area contributed by atoms with Gasteiger partial charge in [-0.05, 0) is 32.9 Å². The minimum Gasteiger partial charge on any atom is -0.465 e. The SMILES string of the molecule is Cc1ccc(C(CN)N(CC(F)(F)F)C(C)C)o1. The van der Waals surface area contributed by atoms with E-state index >= 15 is 0 Å². The number of nitrogens with two attached hydrogens (primary N) is 1. The zero-order valence-corrected chi connectivity index (χ0v) is 10.8. The topological polar surface area (TPSA) is 42.4 Å². The molecule has 2 N–H and O–H groups in total. The molecule has 0 aliphatic rings. The van der Waals surface area contributed by atoms with Crippen molar-refractivity contribution in [2.45, 2.75) is 39.0 Å². The average Bonchev–Trinajstić information content (AvgIpc) is 2.62. The van der Waals surface area contributed by atoms with Crippen LogP contribution >= 0.6 is 0 Å². The largest absolute Gasteiger partial charge is 0.465 e. The maximum Gasteiger partial charge on any atom is 0.401 e. The fourth-order valence-electron chi connectivity index (χ4n) is 1.91. The maximum absolute atomic E-state index is 12.6. The third-order valence-electron chi connectivity index (χ3n) is 2.74. The highest BCUT2D eigenvalue weighted by Crippen LogP contribution is 2.28. The summed E-state index contributed by atoms with van der Waals surface area (Å²) in [6.45, 7) is 4.27. The molecule has 0 spiro atoms. The van der Waals surface area contributed by atoms with Crippen LogP contribution in [0.2, 0.25) is 0 Å². The van der Waals surface area contributed by atoms with Crippen LogP contribution < -0.4 is 5.73 Å². The quantitative estimate of drug-likeness (QED) is 0.889. The van der Waals surface area contributed by atoms with Crippen LogP contribution in [0.3, 0.4) is 0 Å². The third kappa shape index (κ3) is 4.03. The predicted octanol–water partition coefficient (Wildman–Crippen LogP) is 2.86. The fourth-order valence-corrected chi connectivity index (χ4v) is 1.91. The molecule has 1 rings (SSSR count). The number of rotatable bonds is 5. The predicted molar refractivity (Wildman–Crippen MR) is 63.1 cm³/mol. The van der Waals surface area contributed by atoms with E-state index in [1.54, 1.807) is 32.9 Å². The van der Waals surface area contributed by atoms with Crippen LogP contribution in [-0.4, -0.2) is 30.2 Å². The Morgan fingerprint density at radius 1 is 1.33 bits per heavy atom. The lowest BCUT2D eigenvalue weighted by Crippen LogP contribution is -2.44. The van der Waals surface area contributed by atoms with Crippen LogP contribution in [0.15, 0.2) is 16.5 Å². The van der Waals surface area contributed by atoms with Gasteiger partial charge in [0.15, 0.2) is 0 Å². The Hall–Kier alpha value is -1.01. The zero-order chi connectivity index (χ0) is 13.9. The molecule has 0 aromatic carbocycles. The van der Waals surface area contributed by atoms with Gasteiger partial charge in [-0.3, -0.25) is 4.90 Å². The van der Waals surface area contributed by atoms with Crippen molar-refractivity contribution < 1.29 is 17.6 Å². The van der Waals surface area contributed by atoms with E-state index in [4.69, 9.17) is 10.2 Å². The molecule has 0 saturated heterocycles. The highest BCUT2D eigenvalue weighted by atomic mass is 19.4. The normalized spacial score (nSPS) is 14.5. The molecule has 0 radical (unpaired) electrons. The summed E-state index contributed by atoms with van der Waals surface area (Å²) in [4.78, 5) is 1.30. The maximum atomic E-state index is 12.6. The second-order valence-corrected chi connectivity index (χ2v) is 4.58. The summed E-state index contributed by atoms with van der Waals surface area (Å²) in [6.07, 6.45) is -4.25. The van der Waals surface area contributed by atoms with Crippen molar-refractivity contribution >= 4 is 0 Å². The first-order valence-electron chi connectivity index (χ1n) is 5.83. The van der Waals surface area contributed by atoms with Gasteiger partial charge in [-0.25, -0.2) is 0 Å². The molecule has 18 heavy (non-hydrogen) atoms. The van der Waals surface area contributed by atoms with Gasteiger partial charge in [-0.15, -0.1) is 0 Å². The number of hydrogen-bond acceptors (Lipinski definition) is 3. The summed E-state index contributed by atoms with van der Waals surface area (Å²) in [6, 6.07) is 2.58. The van der Waals surface area contributed by atoms with Gasteiger partial charge in [-0.2, -0.15) is 13.2 Å². The molecule has 0 saturated carbocycles. The summed E-state index contributed by atoms with van der Waals surface area (Å²) in [7, 11) is 0. The Balaban J connectivity index is 2.94. The van der Waals surface area contributed by atoms with E-state index < -0.39 is 18.8 Å². The lowest BCUT2D eigenvalue weighted by Gasteiger charge is -2.33. The van der Waals surface area contributed by atoms with Crippen molar-refractivity contribution in [3.8, 4) is 0 Å². The van der Waals surface area contributed by atoms with Gasteiger partial charge in [0.2, 0.25) is 0 Å². The highest BCUT2D eigenvalue weighted by molar-refractivity contribution is 5.10. The molecule has 1 aromatic rings. The fraction of sp³-hybridized carbons (Fsp3) is 0.667. The number of furan rings is 1.